The number of ether oxygens (including phenoxy) is 1. The van der Waals surface area contributed by atoms with E-state index in [4.69, 9.17) is 4.74 Å². The van der Waals surface area contributed by atoms with E-state index in [2.05, 4.69) is 12.2 Å². The Kier molecular flexibility index (Phi) is 3.94. The summed E-state index contributed by atoms with van der Waals surface area (Å²) in [5, 5.41) is 2.18. The third kappa shape index (κ3) is 2.81. The lowest BCUT2D eigenvalue weighted by Gasteiger charge is -2.05. The highest BCUT2D eigenvalue weighted by Crippen LogP contribution is 2.18. The molecule has 0 saturated heterocycles. The fourth-order valence-electron chi connectivity index (χ4n) is 1.90. The second-order valence-corrected chi connectivity index (χ2v) is 4.39. The first kappa shape index (κ1) is 13.3. The molecule has 0 radical (unpaired) electrons. The van der Waals surface area contributed by atoms with Gasteiger partial charge in [-0.15, -0.1) is 0 Å². The summed E-state index contributed by atoms with van der Waals surface area (Å²) in [6.45, 7) is 2.44. The summed E-state index contributed by atoms with van der Waals surface area (Å²) in [5.41, 5.74) is 0.820. The molecule has 2 amide bonds. The van der Waals surface area contributed by atoms with Crippen molar-refractivity contribution in [1.29, 1.82) is 0 Å². The molecule has 0 saturated carbocycles. The van der Waals surface area contributed by atoms with Crippen molar-refractivity contribution in [3.8, 4) is 0 Å². The van der Waals surface area contributed by atoms with Gasteiger partial charge >= 0.3 is 5.97 Å². The first-order chi connectivity index (χ1) is 9.13. The number of carbonyl (C=O) groups is 3. The molecule has 0 spiro atoms. The summed E-state index contributed by atoms with van der Waals surface area (Å²) in [4.78, 5) is 34.6. The highest BCUT2D eigenvalue weighted by atomic mass is 16.5. The van der Waals surface area contributed by atoms with E-state index in [9.17, 15) is 14.4 Å². The predicted molar refractivity (Wildman–Crippen MR) is 68.0 cm³/mol. The number of carbonyl (C=O) groups excluding carboxylic acids is 3. The molecular weight excluding hydrogens is 246 g/mol. The lowest BCUT2D eigenvalue weighted by molar-refractivity contribution is 0.0498. The minimum atomic E-state index is -0.472. The van der Waals surface area contributed by atoms with Gasteiger partial charge in [-0.05, 0) is 24.6 Å². The standard InChI is InChI=1S/C14H15NO4/c1-2-3-4-7-19-14(18)9-5-6-10-11(8-9)13(17)15-12(10)16/h5-6,8H,2-4,7H2,1H3,(H,15,16,17). The van der Waals surface area contributed by atoms with Crippen LogP contribution in [0.2, 0.25) is 0 Å². The van der Waals surface area contributed by atoms with Crippen molar-refractivity contribution in [3.05, 3.63) is 34.9 Å². The zero-order valence-corrected chi connectivity index (χ0v) is 10.7. The summed E-state index contributed by atoms with van der Waals surface area (Å²) in [6.07, 6.45) is 2.89. The summed E-state index contributed by atoms with van der Waals surface area (Å²) in [5.74, 6) is -1.37. The predicted octanol–water partition coefficient (Wildman–Crippen LogP) is 1.92. The molecular formula is C14H15NO4. The number of hydrogen-bond donors (Lipinski definition) is 1. The van der Waals surface area contributed by atoms with Crippen LogP contribution in [0.25, 0.3) is 0 Å². The second kappa shape index (κ2) is 5.65. The van der Waals surface area contributed by atoms with Gasteiger partial charge in [-0.2, -0.15) is 0 Å². The van der Waals surface area contributed by atoms with Gasteiger partial charge in [0.2, 0.25) is 0 Å². The van der Waals surface area contributed by atoms with E-state index < -0.39 is 17.8 Å². The van der Waals surface area contributed by atoms with Gasteiger partial charge in [0.05, 0.1) is 23.3 Å². The minimum Gasteiger partial charge on any atom is -0.462 e. The smallest absolute Gasteiger partial charge is 0.338 e. The Morgan fingerprint density at radius 3 is 2.63 bits per heavy atom. The van der Waals surface area contributed by atoms with Crippen LogP contribution >= 0.6 is 0 Å². The quantitative estimate of drug-likeness (QED) is 0.499. The molecule has 0 unspecified atom stereocenters. The number of imide groups is 1. The van der Waals surface area contributed by atoms with Gasteiger partial charge in [0, 0.05) is 0 Å². The molecule has 0 fully saturated rings. The van der Waals surface area contributed by atoms with Crippen molar-refractivity contribution in [2.45, 2.75) is 26.2 Å². The molecule has 5 nitrogen and oxygen atoms in total. The topological polar surface area (TPSA) is 72.5 Å². The Balaban J connectivity index is 2.06. The van der Waals surface area contributed by atoms with Gasteiger partial charge < -0.3 is 4.74 Å². The number of benzene rings is 1. The Morgan fingerprint density at radius 1 is 1.16 bits per heavy atom. The number of nitrogens with one attached hydrogen (secondary N) is 1. The van der Waals surface area contributed by atoms with Gasteiger partial charge in [-0.1, -0.05) is 19.8 Å². The van der Waals surface area contributed by atoms with Crippen LogP contribution in [-0.2, 0) is 4.74 Å². The number of rotatable bonds is 5. The van der Waals surface area contributed by atoms with Crippen LogP contribution in [0.15, 0.2) is 18.2 Å². The maximum Gasteiger partial charge on any atom is 0.338 e. The summed E-state index contributed by atoms with van der Waals surface area (Å²) in [7, 11) is 0. The molecule has 1 aliphatic heterocycles. The Bertz CT molecular complexity index is 536. The van der Waals surface area contributed by atoms with E-state index in [1.54, 1.807) is 0 Å². The fraction of sp³-hybridized carbons (Fsp3) is 0.357. The van der Waals surface area contributed by atoms with E-state index in [0.717, 1.165) is 19.3 Å². The number of unbranched alkanes of at least 4 members (excludes halogenated alkanes) is 2. The number of fused-ring (bicyclic) bond motifs is 1. The Hall–Kier alpha value is -2.17. The van der Waals surface area contributed by atoms with E-state index in [0.29, 0.717) is 17.7 Å². The molecule has 19 heavy (non-hydrogen) atoms. The lowest BCUT2D eigenvalue weighted by Crippen LogP contribution is -2.19. The van der Waals surface area contributed by atoms with Crippen LogP contribution in [0.3, 0.4) is 0 Å². The normalized spacial score (nSPS) is 13.1. The molecule has 0 bridgehead atoms. The molecule has 100 valence electrons. The molecule has 5 heteroatoms. The van der Waals surface area contributed by atoms with Crippen LogP contribution in [0.4, 0.5) is 0 Å². The molecule has 2 rings (SSSR count). The molecule has 1 aliphatic rings. The van der Waals surface area contributed by atoms with Gasteiger partial charge in [0.15, 0.2) is 0 Å². The average molecular weight is 261 g/mol. The average Bonchev–Trinajstić information content (AvgIpc) is 2.69. The highest BCUT2D eigenvalue weighted by Gasteiger charge is 2.27. The highest BCUT2D eigenvalue weighted by molar-refractivity contribution is 6.22. The molecule has 0 aromatic heterocycles. The number of esters is 1. The van der Waals surface area contributed by atoms with Crippen molar-refractivity contribution in [2.24, 2.45) is 0 Å². The molecule has 1 heterocycles. The minimum absolute atomic E-state index is 0.230. The largest absolute Gasteiger partial charge is 0.462 e. The Labute approximate surface area is 110 Å². The van der Waals surface area contributed by atoms with Gasteiger partial charge in [-0.25, -0.2) is 4.79 Å². The van der Waals surface area contributed by atoms with Gasteiger partial charge in [0.1, 0.15) is 0 Å². The lowest BCUT2D eigenvalue weighted by atomic mass is 10.1. The molecule has 1 N–H and O–H groups in total. The zero-order chi connectivity index (χ0) is 13.8. The van der Waals surface area contributed by atoms with Crippen molar-refractivity contribution in [1.82, 2.24) is 5.32 Å². The van der Waals surface area contributed by atoms with Crippen molar-refractivity contribution >= 4 is 17.8 Å². The Morgan fingerprint density at radius 2 is 1.89 bits per heavy atom. The SMILES string of the molecule is CCCCCOC(=O)c1ccc2c(c1)C(=O)NC2=O. The molecule has 1 aromatic carbocycles. The van der Waals surface area contributed by atoms with Crippen LogP contribution in [0, 0.1) is 0 Å². The summed E-state index contributed by atoms with van der Waals surface area (Å²) < 4.78 is 5.10. The van der Waals surface area contributed by atoms with E-state index in [1.165, 1.54) is 18.2 Å². The van der Waals surface area contributed by atoms with Crippen molar-refractivity contribution in [3.63, 3.8) is 0 Å². The first-order valence-corrected chi connectivity index (χ1v) is 6.30. The molecule has 1 aromatic rings. The van der Waals surface area contributed by atoms with Crippen LogP contribution < -0.4 is 5.32 Å². The number of amides is 2. The van der Waals surface area contributed by atoms with Crippen LogP contribution in [-0.4, -0.2) is 24.4 Å². The third-order valence-corrected chi connectivity index (χ3v) is 2.95. The maximum atomic E-state index is 11.8. The number of hydrogen-bond acceptors (Lipinski definition) is 4. The van der Waals surface area contributed by atoms with E-state index in [1.807, 2.05) is 0 Å². The van der Waals surface area contributed by atoms with Gasteiger partial charge in [-0.3, -0.25) is 14.9 Å². The zero-order valence-electron chi connectivity index (χ0n) is 10.7. The summed E-state index contributed by atoms with van der Waals surface area (Å²) in [6, 6.07) is 4.37. The molecule has 0 aliphatic carbocycles. The maximum absolute atomic E-state index is 11.8. The molecule has 0 atom stereocenters. The first-order valence-electron chi connectivity index (χ1n) is 6.30. The second-order valence-electron chi connectivity index (χ2n) is 4.39. The van der Waals surface area contributed by atoms with Crippen molar-refractivity contribution in [2.75, 3.05) is 6.61 Å². The van der Waals surface area contributed by atoms with Gasteiger partial charge in [0.25, 0.3) is 11.8 Å². The van der Waals surface area contributed by atoms with Crippen LogP contribution in [0.5, 0.6) is 0 Å². The van der Waals surface area contributed by atoms with Crippen molar-refractivity contribution < 1.29 is 19.1 Å². The third-order valence-electron chi connectivity index (χ3n) is 2.95. The van der Waals surface area contributed by atoms with E-state index >= 15 is 0 Å². The monoisotopic (exact) mass is 261 g/mol. The fourth-order valence-corrected chi connectivity index (χ4v) is 1.90. The van der Waals surface area contributed by atoms with Crippen LogP contribution in [0.1, 0.15) is 57.3 Å². The van der Waals surface area contributed by atoms with E-state index in [-0.39, 0.29) is 5.56 Å². The summed E-state index contributed by atoms with van der Waals surface area (Å²) >= 11 is 0.